The summed E-state index contributed by atoms with van der Waals surface area (Å²) in [5, 5.41) is 7.15. The highest BCUT2D eigenvalue weighted by molar-refractivity contribution is 14.0. The number of likely N-dealkylation sites (tertiary alicyclic amines) is 1. The minimum Gasteiger partial charge on any atom is -0.373 e. The number of nitrogens with zero attached hydrogens (tertiary/aromatic N) is 2. The molecule has 0 saturated carbocycles. The van der Waals surface area contributed by atoms with Crippen LogP contribution in [-0.2, 0) is 11.3 Å². The summed E-state index contributed by atoms with van der Waals surface area (Å²) in [6.45, 7) is 10.1. The number of aryl methyl sites for hydroxylation is 1. The maximum atomic E-state index is 6.05. The molecule has 180 valence electrons. The topological polar surface area (TPSA) is 48.9 Å². The summed E-state index contributed by atoms with van der Waals surface area (Å²) in [7, 11) is 0. The molecule has 4 rings (SSSR count). The molecule has 2 heterocycles. The first-order chi connectivity index (χ1) is 15.7. The molecule has 0 spiro atoms. The molecule has 0 aliphatic carbocycles. The summed E-state index contributed by atoms with van der Waals surface area (Å²) < 4.78 is 6.05. The lowest BCUT2D eigenvalue weighted by molar-refractivity contribution is 0.0925. The van der Waals surface area contributed by atoms with Gasteiger partial charge in [0.1, 0.15) is 0 Å². The minimum absolute atomic E-state index is 0. The lowest BCUT2D eigenvalue weighted by Crippen LogP contribution is -2.48. The van der Waals surface area contributed by atoms with E-state index in [0.717, 1.165) is 64.6 Å². The number of hydrogen-bond donors (Lipinski definition) is 2. The summed E-state index contributed by atoms with van der Waals surface area (Å²) in [5.74, 6) is 1.38. The van der Waals surface area contributed by atoms with Crippen molar-refractivity contribution in [3.05, 3.63) is 71.3 Å². The molecule has 0 bridgehead atoms. The van der Waals surface area contributed by atoms with E-state index in [9.17, 15) is 0 Å². The van der Waals surface area contributed by atoms with Crippen LogP contribution in [0.2, 0.25) is 0 Å². The molecule has 0 amide bonds. The second-order valence-electron chi connectivity index (χ2n) is 9.15. The highest BCUT2D eigenvalue weighted by atomic mass is 127. The zero-order chi connectivity index (χ0) is 22.2. The maximum absolute atomic E-state index is 6.05. The Kier molecular flexibility index (Phi) is 10.5. The highest BCUT2D eigenvalue weighted by Gasteiger charge is 2.29. The lowest BCUT2D eigenvalue weighted by Gasteiger charge is -2.33. The predicted octanol–water partition coefficient (Wildman–Crippen LogP) is 4.91. The normalized spacial score (nSPS) is 22.1. The van der Waals surface area contributed by atoms with E-state index in [1.807, 2.05) is 0 Å². The van der Waals surface area contributed by atoms with Crippen LogP contribution in [0.15, 0.2) is 59.6 Å². The quantitative estimate of drug-likeness (QED) is 0.286. The molecule has 2 N–H and O–H groups in total. The van der Waals surface area contributed by atoms with Crippen molar-refractivity contribution in [1.82, 2.24) is 15.5 Å². The van der Waals surface area contributed by atoms with Gasteiger partial charge in [-0.1, -0.05) is 60.2 Å². The van der Waals surface area contributed by atoms with Gasteiger partial charge in [0.05, 0.1) is 6.10 Å². The number of aliphatic imine (C=N–C) groups is 1. The van der Waals surface area contributed by atoms with Crippen LogP contribution in [0.4, 0.5) is 0 Å². The van der Waals surface area contributed by atoms with E-state index < -0.39 is 0 Å². The van der Waals surface area contributed by atoms with Crippen LogP contribution < -0.4 is 10.6 Å². The van der Waals surface area contributed by atoms with Gasteiger partial charge in [-0.2, -0.15) is 0 Å². The van der Waals surface area contributed by atoms with Gasteiger partial charge in [0.25, 0.3) is 0 Å². The van der Waals surface area contributed by atoms with Gasteiger partial charge in [-0.05, 0) is 44.2 Å². The van der Waals surface area contributed by atoms with Crippen molar-refractivity contribution >= 4 is 29.9 Å². The van der Waals surface area contributed by atoms with Crippen LogP contribution in [0.25, 0.3) is 0 Å². The second-order valence-corrected chi connectivity index (χ2v) is 9.15. The van der Waals surface area contributed by atoms with Gasteiger partial charge >= 0.3 is 0 Å². The second kappa shape index (κ2) is 13.3. The number of hydrogen-bond acceptors (Lipinski definition) is 3. The van der Waals surface area contributed by atoms with E-state index in [1.165, 1.54) is 16.7 Å². The molecular weight excluding hydrogens is 523 g/mol. The fraction of sp³-hybridized carbons (Fsp3) is 0.519. The Morgan fingerprint density at radius 2 is 1.85 bits per heavy atom. The molecule has 0 radical (unpaired) electrons. The summed E-state index contributed by atoms with van der Waals surface area (Å²) in [6.07, 6.45) is 3.53. The first-order valence-electron chi connectivity index (χ1n) is 12.2. The monoisotopic (exact) mass is 562 g/mol. The van der Waals surface area contributed by atoms with Gasteiger partial charge in [-0.25, -0.2) is 0 Å². The van der Waals surface area contributed by atoms with Crippen molar-refractivity contribution in [2.75, 3.05) is 32.8 Å². The average Bonchev–Trinajstić information content (AvgIpc) is 3.28. The SMILES string of the molecule is CCNC(=NCC1CCOC1c1ccccc1)NC1CCN(Cc2cccc(C)c2)CC1.I. The summed E-state index contributed by atoms with van der Waals surface area (Å²) in [6, 6.07) is 19.9. The number of piperidine rings is 1. The van der Waals surface area contributed by atoms with Gasteiger partial charge in [-0.15, -0.1) is 24.0 Å². The number of halogens is 1. The molecule has 2 aromatic rings. The van der Waals surface area contributed by atoms with Crippen molar-refractivity contribution in [2.24, 2.45) is 10.9 Å². The van der Waals surface area contributed by atoms with Crippen LogP contribution in [-0.4, -0.2) is 49.7 Å². The molecule has 2 aliphatic rings. The van der Waals surface area contributed by atoms with E-state index in [-0.39, 0.29) is 30.1 Å². The first kappa shape index (κ1) is 26.0. The van der Waals surface area contributed by atoms with Crippen molar-refractivity contribution in [3.8, 4) is 0 Å². The van der Waals surface area contributed by atoms with E-state index >= 15 is 0 Å². The Bertz CT molecular complexity index is 867. The fourth-order valence-electron chi connectivity index (χ4n) is 4.86. The molecule has 33 heavy (non-hydrogen) atoms. The fourth-order valence-corrected chi connectivity index (χ4v) is 4.86. The molecule has 2 fully saturated rings. The predicted molar refractivity (Wildman–Crippen MR) is 147 cm³/mol. The molecule has 2 aromatic carbocycles. The number of nitrogens with one attached hydrogen (secondary N) is 2. The Balaban J connectivity index is 0.00000306. The molecule has 2 aliphatic heterocycles. The van der Waals surface area contributed by atoms with Crippen LogP contribution >= 0.6 is 24.0 Å². The highest BCUT2D eigenvalue weighted by Crippen LogP contribution is 2.34. The van der Waals surface area contributed by atoms with Crippen LogP contribution in [0.1, 0.15) is 49.0 Å². The molecule has 0 aromatic heterocycles. The van der Waals surface area contributed by atoms with E-state index in [2.05, 4.69) is 84.0 Å². The largest absolute Gasteiger partial charge is 0.373 e. The smallest absolute Gasteiger partial charge is 0.191 e. The average molecular weight is 563 g/mol. The lowest BCUT2D eigenvalue weighted by atomic mass is 9.95. The van der Waals surface area contributed by atoms with Crippen molar-refractivity contribution < 1.29 is 4.74 Å². The van der Waals surface area contributed by atoms with Gasteiger partial charge < -0.3 is 15.4 Å². The van der Waals surface area contributed by atoms with Gasteiger partial charge in [0, 0.05) is 51.3 Å². The number of rotatable bonds is 7. The van der Waals surface area contributed by atoms with Gasteiger partial charge in [0.15, 0.2) is 5.96 Å². The zero-order valence-corrected chi connectivity index (χ0v) is 22.3. The van der Waals surface area contributed by atoms with Crippen molar-refractivity contribution in [2.45, 2.75) is 51.8 Å². The maximum Gasteiger partial charge on any atom is 0.191 e. The zero-order valence-electron chi connectivity index (χ0n) is 20.0. The number of guanidine groups is 1. The van der Waals surface area contributed by atoms with Gasteiger partial charge in [0.2, 0.25) is 0 Å². The molecule has 2 saturated heterocycles. The molecule has 5 nitrogen and oxygen atoms in total. The summed E-state index contributed by atoms with van der Waals surface area (Å²) in [5.41, 5.74) is 4.02. The van der Waals surface area contributed by atoms with Crippen molar-refractivity contribution in [3.63, 3.8) is 0 Å². The Hall–Kier alpha value is -1.64. The van der Waals surface area contributed by atoms with E-state index in [0.29, 0.717) is 12.0 Å². The third-order valence-electron chi connectivity index (χ3n) is 6.59. The van der Waals surface area contributed by atoms with Gasteiger partial charge in [-0.3, -0.25) is 9.89 Å². The molecule has 2 unspecified atom stereocenters. The summed E-state index contributed by atoms with van der Waals surface area (Å²) >= 11 is 0. The first-order valence-corrected chi connectivity index (χ1v) is 12.2. The van der Waals surface area contributed by atoms with Crippen LogP contribution in [0.3, 0.4) is 0 Å². The number of benzene rings is 2. The van der Waals surface area contributed by atoms with Crippen LogP contribution in [0.5, 0.6) is 0 Å². The van der Waals surface area contributed by atoms with E-state index in [1.54, 1.807) is 0 Å². The van der Waals surface area contributed by atoms with E-state index in [4.69, 9.17) is 9.73 Å². The standard InChI is InChI=1S/C27H38N4O.HI/c1-3-28-27(29-19-24-14-17-32-26(24)23-10-5-4-6-11-23)30-25-12-15-31(16-13-25)20-22-9-7-8-21(2)18-22;/h4-11,18,24-26H,3,12-17,19-20H2,1-2H3,(H2,28,29,30);1H. The molecule has 6 heteroatoms. The number of ether oxygens (including phenoxy) is 1. The van der Waals surface area contributed by atoms with Crippen molar-refractivity contribution in [1.29, 1.82) is 0 Å². The molecule has 2 atom stereocenters. The summed E-state index contributed by atoms with van der Waals surface area (Å²) in [4.78, 5) is 7.53. The Morgan fingerprint density at radius 1 is 1.06 bits per heavy atom. The minimum atomic E-state index is 0. The third-order valence-corrected chi connectivity index (χ3v) is 6.59. The third kappa shape index (κ3) is 7.69. The molecular formula is C27H39IN4O. The van der Waals surface area contributed by atoms with Crippen LogP contribution in [0, 0.1) is 12.8 Å². The Labute approximate surface area is 216 Å². The Morgan fingerprint density at radius 3 is 2.58 bits per heavy atom.